The number of carbonyl (C=O) groups excluding carboxylic acids is 1. The van der Waals surface area contributed by atoms with Gasteiger partial charge in [-0.05, 0) is 54.8 Å². The van der Waals surface area contributed by atoms with Gasteiger partial charge in [0.1, 0.15) is 24.0 Å². The Balaban J connectivity index is 1.43. The number of rotatable bonds is 7. The van der Waals surface area contributed by atoms with Crippen molar-refractivity contribution in [3.8, 4) is 28.7 Å². The molecule has 2 aliphatic rings. The summed E-state index contributed by atoms with van der Waals surface area (Å²) in [6.45, 7) is 3.78. The van der Waals surface area contributed by atoms with Gasteiger partial charge in [0.15, 0.2) is 17.3 Å². The lowest BCUT2D eigenvalue weighted by molar-refractivity contribution is 0.0949. The van der Waals surface area contributed by atoms with Crippen LogP contribution in [0.5, 0.6) is 28.7 Å². The molecule has 0 saturated carbocycles. The molecular formula is C29H28ClNO6. The smallest absolute Gasteiger partial charge is 0.232 e. The van der Waals surface area contributed by atoms with E-state index in [0.717, 1.165) is 34.9 Å². The van der Waals surface area contributed by atoms with Crippen LogP contribution in [-0.2, 0) is 13.0 Å². The van der Waals surface area contributed by atoms with E-state index in [1.54, 1.807) is 39.5 Å². The monoisotopic (exact) mass is 521 g/mol. The highest BCUT2D eigenvalue weighted by Crippen LogP contribution is 2.45. The van der Waals surface area contributed by atoms with Crippen molar-refractivity contribution >= 4 is 23.5 Å². The molecule has 0 amide bonds. The molecule has 8 heteroatoms. The van der Waals surface area contributed by atoms with Crippen LogP contribution >= 0.6 is 11.6 Å². The molecule has 0 N–H and O–H groups in total. The van der Waals surface area contributed by atoms with E-state index in [1.165, 1.54) is 5.56 Å². The van der Waals surface area contributed by atoms with Gasteiger partial charge in [-0.25, -0.2) is 0 Å². The van der Waals surface area contributed by atoms with E-state index in [-0.39, 0.29) is 11.5 Å². The second kappa shape index (κ2) is 10.4. The van der Waals surface area contributed by atoms with Crippen LogP contribution in [0.2, 0.25) is 5.02 Å². The maximum Gasteiger partial charge on any atom is 0.232 e. The van der Waals surface area contributed by atoms with Crippen LogP contribution in [0.4, 0.5) is 0 Å². The van der Waals surface area contributed by atoms with Crippen molar-refractivity contribution < 1.29 is 28.5 Å². The summed E-state index contributed by atoms with van der Waals surface area (Å²) in [5.41, 5.74) is 4.09. The van der Waals surface area contributed by atoms with E-state index in [1.807, 2.05) is 37.3 Å². The highest BCUT2D eigenvalue weighted by Gasteiger charge is 2.35. The second-order valence-corrected chi connectivity index (χ2v) is 9.40. The van der Waals surface area contributed by atoms with E-state index in [0.29, 0.717) is 47.4 Å². The first-order chi connectivity index (χ1) is 17.9. The molecule has 0 bridgehead atoms. The predicted molar refractivity (Wildman–Crippen MR) is 141 cm³/mol. The zero-order chi connectivity index (χ0) is 26.1. The van der Waals surface area contributed by atoms with Crippen LogP contribution in [-0.4, -0.2) is 45.3 Å². The Morgan fingerprint density at radius 2 is 1.70 bits per heavy atom. The molecular weight excluding hydrogens is 494 g/mol. The van der Waals surface area contributed by atoms with Crippen LogP contribution in [0.1, 0.15) is 32.6 Å². The van der Waals surface area contributed by atoms with Crippen LogP contribution in [0.15, 0.2) is 48.2 Å². The first kappa shape index (κ1) is 25.0. The van der Waals surface area contributed by atoms with Crippen molar-refractivity contribution in [2.24, 2.45) is 0 Å². The Labute approximate surface area is 221 Å². The van der Waals surface area contributed by atoms with Crippen LogP contribution in [0.3, 0.4) is 0 Å². The summed E-state index contributed by atoms with van der Waals surface area (Å²) in [7, 11) is 4.68. The van der Waals surface area contributed by atoms with Gasteiger partial charge in [0.25, 0.3) is 0 Å². The van der Waals surface area contributed by atoms with Gasteiger partial charge in [-0.3, -0.25) is 9.69 Å². The standard InChI is InChI=1S/C29H28ClNO6/c1-17-11-23-21(15-31(16-36-23)10-9-18-5-7-20(30)8-6-18)29-27(17)28(32)26(37-29)13-19-12-24(34-3)25(35-4)14-22(19)33-2/h5-8,11-14H,9-10,15-16H2,1-4H3/b26-13+. The number of nitrogens with zero attached hydrogens (tertiary/aromatic N) is 1. The Hall–Kier alpha value is -3.68. The Morgan fingerprint density at radius 3 is 2.41 bits per heavy atom. The number of halogens is 1. The molecule has 2 heterocycles. The third kappa shape index (κ3) is 4.84. The van der Waals surface area contributed by atoms with Gasteiger partial charge in [-0.15, -0.1) is 0 Å². The van der Waals surface area contributed by atoms with Gasteiger partial charge >= 0.3 is 0 Å². The highest BCUT2D eigenvalue weighted by molar-refractivity contribution is 6.30. The number of Topliss-reactive ketones (excluding diaryl/α,β-unsaturated/α-hetero) is 1. The summed E-state index contributed by atoms with van der Waals surface area (Å²) in [5.74, 6) is 2.94. The van der Waals surface area contributed by atoms with Crippen molar-refractivity contribution in [2.45, 2.75) is 19.9 Å². The van der Waals surface area contributed by atoms with Gasteiger partial charge in [0, 0.05) is 29.7 Å². The number of allylic oxidation sites excluding steroid dienone is 1. The molecule has 2 aliphatic heterocycles. The van der Waals surface area contributed by atoms with E-state index in [9.17, 15) is 4.79 Å². The Morgan fingerprint density at radius 1 is 1.00 bits per heavy atom. The lowest BCUT2D eigenvalue weighted by Crippen LogP contribution is -2.33. The largest absolute Gasteiger partial charge is 0.496 e. The minimum absolute atomic E-state index is 0.176. The molecule has 0 unspecified atom stereocenters. The molecule has 37 heavy (non-hydrogen) atoms. The van der Waals surface area contributed by atoms with Crippen molar-refractivity contribution in [1.82, 2.24) is 4.90 Å². The molecule has 3 aromatic carbocycles. The third-order valence-electron chi connectivity index (χ3n) is 6.64. The number of hydrogen-bond donors (Lipinski definition) is 0. The quantitative estimate of drug-likeness (QED) is 0.370. The molecule has 0 spiro atoms. The summed E-state index contributed by atoms with van der Waals surface area (Å²) in [6, 6.07) is 13.3. The fraction of sp³-hybridized carbons (Fsp3) is 0.276. The summed E-state index contributed by atoms with van der Waals surface area (Å²) in [5, 5.41) is 0.723. The fourth-order valence-corrected chi connectivity index (χ4v) is 4.79. The lowest BCUT2D eigenvalue weighted by Gasteiger charge is -2.30. The van der Waals surface area contributed by atoms with Gasteiger partial charge in [0.05, 0.1) is 32.5 Å². The normalized spacial score (nSPS) is 15.6. The topological polar surface area (TPSA) is 66.5 Å². The van der Waals surface area contributed by atoms with Gasteiger partial charge in [-0.1, -0.05) is 23.7 Å². The number of ether oxygens (including phenoxy) is 5. The van der Waals surface area contributed by atoms with Gasteiger partial charge in [-0.2, -0.15) is 0 Å². The van der Waals surface area contributed by atoms with E-state index in [4.69, 9.17) is 35.3 Å². The predicted octanol–water partition coefficient (Wildman–Crippen LogP) is 5.69. The van der Waals surface area contributed by atoms with Crippen LogP contribution in [0.25, 0.3) is 6.08 Å². The molecule has 0 aromatic heterocycles. The van der Waals surface area contributed by atoms with Crippen LogP contribution in [0, 0.1) is 6.92 Å². The fourth-order valence-electron chi connectivity index (χ4n) is 4.66. The number of fused-ring (bicyclic) bond motifs is 3. The zero-order valence-electron chi connectivity index (χ0n) is 21.2. The number of methoxy groups -OCH3 is 3. The molecule has 0 atom stereocenters. The number of hydrogen-bond acceptors (Lipinski definition) is 7. The van der Waals surface area contributed by atoms with Gasteiger partial charge < -0.3 is 23.7 Å². The summed E-state index contributed by atoms with van der Waals surface area (Å²) >= 11 is 6.01. The molecule has 0 aliphatic carbocycles. The molecule has 7 nitrogen and oxygen atoms in total. The average molecular weight is 522 g/mol. The van der Waals surface area contributed by atoms with Crippen LogP contribution < -0.4 is 23.7 Å². The number of ketones is 1. The second-order valence-electron chi connectivity index (χ2n) is 8.97. The zero-order valence-corrected chi connectivity index (χ0v) is 22.0. The minimum atomic E-state index is -0.176. The number of aryl methyl sites for hydroxylation is 1. The number of benzene rings is 3. The summed E-state index contributed by atoms with van der Waals surface area (Å²) < 4.78 is 28.6. The summed E-state index contributed by atoms with van der Waals surface area (Å²) in [4.78, 5) is 15.6. The molecule has 0 radical (unpaired) electrons. The maximum atomic E-state index is 13.4. The first-order valence-electron chi connectivity index (χ1n) is 11.9. The lowest BCUT2D eigenvalue weighted by atomic mass is 9.98. The van der Waals surface area contributed by atoms with Crippen molar-refractivity contribution in [2.75, 3.05) is 34.6 Å². The Bertz CT molecular complexity index is 1380. The van der Waals surface area contributed by atoms with Crippen molar-refractivity contribution in [1.29, 1.82) is 0 Å². The molecule has 0 saturated heterocycles. The minimum Gasteiger partial charge on any atom is -0.496 e. The maximum absolute atomic E-state index is 13.4. The SMILES string of the molecule is COc1cc(OC)c(OC)cc1/C=C1/Oc2c3c(cc(C)c2C1=O)OCN(CCc1ccc(Cl)cc1)C3. The molecule has 0 fully saturated rings. The van der Waals surface area contributed by atoms with E-state index in [2.05, 4.69) is 4.90 Å². The van der Waals surface area contributed by atoms with E-state index >= 15 is 0 Å². The molecule has 5 rings (SSSR count). The van der Waals surface area contributed by atoms with E-state index < -0.39 is 0 Å². The van der Waals surface area contributed by atoms with Crippen molar-refractivity contribution in [3.05, 3.63) is 81.1 Å². The summed E-state index contributed by atoms with van der Waals surface area (Å²) in [6.07, 6.45) is 2.53. The number of carbonyl (C=O) groups is 1. The van der Waals surface area contributed by atoms with Gasteiger partial charge in [0.2, 0.25) is 5.78 Å². The Kier molecular flexibility index (Phi) is 7.00. The third-order valence-corrected chi connectivity index (χ3v) is 6.89. The van der Waals surface area contributed by atoms with Crippen molar-refractivity contribution in [3.63, 3.8) is 0 Å². The average Bonchev–Trinajstić information content (AvgIpc) is 3.24. The molecule has 3 aromatic rings. The highest BCUT2D eigenvalue weighted by atomic mass is 35.5. The first-order valence-corrected chi connectivity index (χ1v) is 12.3. The molecule has 192 valence electrons.